The number of carbonyl (C=O) groups excluding carboxylic acids is 4. The van der Waals surface area contributed by atoms with E-state index < -0.39 is 11.9 Å². The predicted octanol–water partition coefficient (Wildman–Crippen LogP) is 3.33. The third-order valence-electron chi connectivity index (χ3n) is 4.03. The second-order valence-electron chi connectivity index (χ2n) is 6.84. The molecule has 0 atom stereocenters. The van der Waals surface area contributed by atoms with Crippen molar-refractivity contribution in [2.45, 2.75) is 38.5 Å². The Hall–Kier alpha value is -2.88. The maximum Gasteiger partial charge on any atom is 0.330 e. The number of carbonyl (C=O) groups is 4. The summed E-state index contributed by atoms with van der Waals surface area (Å²) in [5.74, 6) is -0.907. The van der Waals surface area contributed by atoms with Gasteiger partial charge in [-0.3, -0.25) is 9.59 Å². The Bertz CT molecular complexity index is 587. The van der Waals surface area contributed by atoms with E-state index in [1.165, 1.54) is 12.2 Å². The topological polar surface area (TPSA) is 114 Å². The maximum atomic E-state index is 11.0. The van der Waals surface area contributed by atoms with Gasteiger partial charge in [0.2, 0.25) is 0 Å². The molecule has 0 aliphatic rings. The van der Waals surface area contributed by atoms with Crippen LogP contribution in [-0.4, -0.2) is 76.4 Å². The van der Waals surface area contributed by atoms with Crippen LogP contribution in [0.1, 0.15) is 38.5 Å². The molecule has 0 N–H and O–H groups in total. The normalized spacial score (nSPS) is 9.71. The number of allylic oxidation sites excluding steroid dienone is 2. The van der Waals surface area contributed by atoms with E-state index in [0.717, 1.165) is 37.8 Å². The number of hydrogen-bond donors (Lipinski definition) is 0. The third kappa shape index (κ3) is 29.1. The van der Waals surface area contributed by atoms with E-state index in [-0.39, 0.29) is 24.8 Å². The van der Waals surface area contributed by atoms with Crippen molar-refractivity contribution in [2.75, 3.05) is 52.9 Å². The minimum Gasteiger partial charge on any atom is -0.459 e. The Morgan fingerprint density at radius 3 is 1.11 bits per heavy atom. The van der Waals surface area contributed by atoms with Gasteiger partial charge in [-0.1, -0.05) is 26.3 Å². The fourth-order valence-corrected chi connectivity index (χ4v) is 2.16. The van der Waals surface area contributed by atoms with Gasteiger partial charge < -0.3 is 23.7 Å². The van der Waals surface area contributed by atoms with E-state index in [0.29, 0.717) is 52.5 Å². The summed E-state index contributed by atoms with van der Waals surface area (Å²) in [6.45, 7) is 16.8. The second-order valence-corrected chi connectivity index (χ2v) is 6.84. The third-order valence-corrected chi connectivity index (χ3v) is 4.03. The highest BCUT2D eigenvalue weighted by Crippen LogP contribution is 1.98. The predicted molar refractivity (Wildman–Crippen MR) is 133 cm³/mol. The van der Waals surface area contributed by atoms with Gasteiger partial charge in [0.25, 0.3) is 0 Å². The first kappa shape index (κ1) is 34.3. The molecule has 0 aromatic carbocycles. The van der Waals surface area contributed by atoms with Crippen LogP contribution in [0.4, 0.5) is 0 Å². The number of ether oxygens (including phenoxy) is 5. The van der Waals surface area contributed by atoms with E-state index >= 15 is 0 Å². The SMILES string of the molecule is C=CC(=O)CCCCOCCOCCOCCCCC(=O)C=C.C=CC(=O)OCCOC(=O)C=C. The highest BCUT2D eigenvalue weighted by Gasteiger charge is 1.98. The molecule has 9 nitrogen and oxygen atoms in total. The molecule has 0 saturated heterocycles. The van der Waals surface area contributed by atoms with E-state index in [4.69, 9.17) is 14.2 Å². The first-order valence-electron chi connectivity index (χ1n) is 11.5. The van der Waals surface area contributed by atoms with Crippen molar-refractivity contribution in [3.8, 4) is 0 Å². The van der Waals surface area contributed by atoms with Crippen LogP contribution in [0, 0.1) is 0 Å². The maximum absolute atomic E-state index is 11.0. The summed E-state index contributed by atoms with van der Waals surface area (Å²) in [6.07, 6.45) is 9.29. The minimum absolute atomic E-state index is 0.0322. The lowest BCUT2D eigenvalue weighted by Crippen LogP contribution is -2.10. The molecule has 0 rings (SSSR count). The van der Waals surface area contributed by atoms with Crippen molar-refractivity contribution in [3.05, 3.63) is 50.6 Å². The van der Waals surface area contributed by atoms with Crippen LogP contribution in [0.15, 0.2) is 50.6 Å². The van der Waals surface area contributed by atoms with Gasteiger partial charge in [0.1, 0.15) is 13.2 Å². The van der Waals surface area contributed by atoms with Crippen molar-refractivity contribution >= 4 is 23.5 Å². The summed E-state index contributed by atoms with van der Waals surface area (Å²) in [4.78, 5) is 42.8. The number of ketones is 2. The van der Waals surface area contributed by atoms with Crippen LogP contribution in [-0.2, 0) is 42.9 Å². The van der Waals surface area contributed by atoms with Crippen molar-refractivity contribution in [3.63, 3.8) is 0 Å². The molecule has 0 radical (unpaired) electrons. The molecular formula is C26H40O9. The van der Waals surface area contributed by atoms with E-state index in [2.05, 4.69) is 35.8 Å². The number of rotatable bonds is 23. The average Bonchev–Trinajstić information content (AvgIpc) is 2.88. The first-order chi connectivity index (χ1) is 16.9. The van der Waals surface area contributed by atoms with Crippen molar-refractivity contribution in [1.82, 2.24) is 0 Å². The lowest BCUT2D eigenvalue weighted by Gasteiger charge is -2.06. The molecule has 0 aliphatic carbocycles. The van der Waals surface area contributed by atoms with Crippen LogP contribution in [0.25, 0.3) is 0 Å². The molecular weight excluding hydrogens is 456 g/mol. The van der Waals surface area contributed by atoms with Crippen molar-refractivity contribution in [1.29, 1.82) is 0 Å². The molecule has 35 heavy (non-hydrogen) atoms. The van der Waals surface area contributed by atoms with Crippen LogP contribution in [0.5, 0.6) is 0 Å². The Balaban J connectivity index is 0. The monoisotopic (exact) mass is 496 g/mol. The van der Waals surface area contributed by atoms with Gasteiger partial charge in [-0.25, -0.2) is 9.59 Å². The zero-order valence-corrected chi connectivity index (χ0v) is 20.7. The molecule has 198 valence electrons. The summed E-state index contributed by atoms with van der Waals surface area (Å²) in [5, 5.41) is 0. The minimum atomic E-state index is -0.537. The summed E-state index contributed by atoms with van der Waals surface area (Å²) >= 11 is 0. The fraction of sp³-hybridized carbons (Fsp3) is 0.538. The van der Waals surface area contributed by atoms with Crippen LogP contribution >= 0.6 is 0 Å². The van der Waals surface area contributed by atoms with Crippen molar-refractivity contribution < 1.29 is 42.9 Å². The quantitative estimate of drug-likeness (QED) is 0.119. The summed E-state index contributed by atoms with van der Waals surface area (Å²) in [5.41, 5.74) is 0. The molecule has 0 unspecified atom stereocenters. The van der Waals surface area contributed by atoms with Crippen LogP contribution in [0.3, 0.4) is 0 Å². The van der Waals surface area contributed by atoms with Gasteiger partial charge >= 0.3 is 11.9 Å². The molecule has 0 aromatic heterocycles. The second kappa shape index (κ2) is 27.4. The van der Waals surface area contributed by atoms with Gasteiger partial charge in [-0.15, -0.1) is 0 Å². The molecule has 0 heterocycles. The standard InChI is InChI=1S/C18H30O5.C8H10O4/c1-3-17(19)9-5-7-11-21-13-15-23-16-14-22-12-8-6-10-18(20)4-2;1-3-7(9)11-5-6-12-8(10)4-2/h3-4H,1-2,5-16H2;3-4H,1-2,5-6H2. The molecule has 0 fully saturated rings. The smallest absolute Gasteiger partial charge is 0.330 e. The largest absolute Gasteiger partial charge is 0.459 e. The first-order valence-corrected chi connectivity index (χ1v) is 11.5. The van der Waals surface area contributed by atoms with Gasteiger partial charge in [-0.05, 0) is 37.8 Å². The van der Waals surface area contributed by atoms with Gasteiger partial charge in [-0.2, -0.15) is 0 Å². The molecule has 9 heteroatoms. The lowest BCUT2D eigenvalue weighted by atomic mass is 10.2. The van der Waals surface area contributed by atoms with Crippen LogP contribution < -0.4 is 0 Å². The zero-order chi connectivity index (χ0) is 26.6. The van der Waals surface area contributed by atoms with E-state index in [1.54, 1.807) is 0 Å². The van der Waals surface area contributed by atoms with Crippen LogP contribution in [0.2, 0.25) is 0 Å². The molecule has 0 spiro atoms. The number of unbranched alkanes of at least 4 members (excludes halogenated alkanes) is 2. The molecule has 0 saturated carbocycles. The Labute approximate surface area is 208 Å². The van der Waals surface area contributed by atoms with Gasteiger partial charge in [0, 0.05) is 38.2 Å². The summed E-state index contributed by atoms with van der Waals surface area (Å²) in [7, 11) is 0. The summed E-state index contributed by atoms with van der Waals surface area (Å²) in [6, 6.07) is 0. The lowest BCUT2D eigenvalue weighted by molar-refractivity contribution is -0.146. The Morgan fingerprint density at radius 2 is 0.800 bits per heavy atom. The molecule has 0 bridgehead atoms. The highest BCUT2D eigenvalue weighted by molar-refractivity contribution is 5.89. The number of hydrogen-bond acceptors (Lipinski definition) is 9. The fourth-order valence-electron chi connectivity index (χ4n) is 2.16. The average molecular weight is 497 g/mol. The Kier molecular flexibility index (Phi) is 26.8. The zero-order valence-electron chi connectivity index (χ0n) is 20.7. The van der Waals surface area contributed by atoms with E-state index in [9.17, 15) is 19.2 Å². The molecule has 0 aromatic rings. The Morgan fingerprint density at radius 1 is 0.457 bits per heavy atom. The molecule has 0 amide bonds. The van der Waals surface area contributed by atoms with Gasteiger partial charge in [0.15, 0.2) is 11.6 Å². The van der Waals surface area contributed by atoms with E-state index in [1.807, 2.05) is 0 Å². The number of esters is 2. The van der Waals surface area contributed by atoms with Crippen molar-refractivity contribution in [2.24, 2.45) is 0 Å². The highest BCUT2D eigenvalue weighted by atomic mass is 16.6. The molecule has 0 aliphatic heterocycles. The van der Waals surface area contributed by atoms with Gasteiger partial charge in [0.05, 0.1) is 26.4 Å². The summed E-state index contributed by atoms with van der Waals surface area (Å²) < 4.78 is 25.2.